The Bertz CT molecular complexity index is 1230. The van der Waals surface area contributed by atoms with Gasteiger partial charge in [-0.25, -0.2) is 4.98 Å². The Morgan fingerprint density at radius 3 is 2.69 bits per heavy atom. The van der Waals surface area contributed by atoms with Crippen molar-refractivity contribution in [3.8, 4) is 10.4 Å². The van der Waals surface area contributed by atoms with Gasteiger partial charge in [-0.05, 0) is 73.9 Å². The predicted octanol–water partition coefficient (Wildman–Crippen LogP) is 4.23. The van der Waals surface area contributed by atoms with Gasteiger partial charge in [-0.3, -0.25) is 0 Å². The van der Waals surface area contributed by atoms with Crippen LogP contribution in [0.3, 0.4) is 0 Å². The zero-order valence-electron chi connectivity index (χ0n) is 18.6. The fourth-order valence-electron chi connectivity index (χ4n) is 3.54. The summed E-state index contributed by atoms with van der Waals surface area (Å²) in [5, 5.41) is 8.04. The second kappa shape index (κ2) is 9.52. The Kier molecular flexibility index (Phi) is 6.55. The van der Waals surface area contributed by atoms with Crippen molar-refractivity contribution in [1.29, 1.82) is 0 Å². The molecule has 4 aromatic rings. The fraction of sp³-hybridized carbons (Fsp3) is 0.250. The van der Waals surface area contributed by atoms with Crippen molar-refractivity contribution in [2.45, 2.75) is 13.5 Å². The van der Waals surface area contributed by atoms with E-state index in [1.54, 1.807) is 23.6 Å². The number of thiophene rings is 1. The van der Waals surface area contributed by atoms with Gasteiger partial charge in [0.25, 0.3) is 0 Å². The lowest BCUT2D eigenvalue weighted by atomic mass is 10.0. The minimum Gasteiger partial charge on any atom is -0.398 e. The Morgan fingerprint density at radius 1 is 1.06 bits per heavy atom. The number of nitrogen functional groups attached to an aromatic ring is 2. The molecule has 2 aromatic carbocycles. The molecule has 4 rings (SSSR count). The van der Waals surface area contributed by atoms with Gasteiger partial charge >= 0.3 is 0 Å². The molecule has 7 nitrogen and oxygen atoms in total. The maximum absolute atomic E-state index is 6.48. The Morgan fingerprint density at radius 2 is 1.91 bits per heavy atom. The number of nitrogens with zero attached hydrogens (tertiary/aromatic N) is 3. The van der Waals surface area contributed by atoms with Crippen LogP contribution in [0.25, 0.3) is 20.5 Å². The number of nitrogens with two attached hydrogens (primary N) is 2. The minimum absolute atomic E-state index is 0.235. The maximum atomic E-state index is 6.48. The van der Waals surface area contributed by atoms with Gasteiger partial charge in [0.2, 0.25) is 5.95 Å². The minimum atomic E-state index is 0.235. The number of rotatable bonds is 8. The molecule has 2 heterocycles. The Balaban J connectivity index is 1.59. The molecule has 0 amide bonds. The van der Waals surface area contributed by atoms with Crippen molar-refractivity contribution in [2.24, 2.45) is 0 Å². The molecule has 32 heavy (non-hydrogen) atoms. The summed E-state index contributed by atoms with van der Waals surface area (Å²) in [6.45, 7) is 4.86. The van der Waals surface area contributed by atoms with Crippen LogP contribution in [0.1, 0.15) is 11.1 Å². The van der Waals surface area contributed by atoms with Crippen LogP contribution in [0.15, 0.2) is 48.7 Å². The van der Waals surface area contributed by atoms with E-state index >= 15 is 0 Å². The fourth-order valence-corrected chi connectivity index (χ4v) is 4.61. The Labute approximate surface area is 192 Å². The van der Waals surface area contributed by atoms with Gasteiger partial charge < -0.3 is 27.0 Å². The molecule has 0 saturated heterocycles. The molecule has 166 valence electrons. The molecule has 0 spiro atoms. The van der Waals surface area contributed by atoms with Crippen molar-refractivity contribution in [2.75, 3.05) is 44.0 Å². The highest BCUT2D eigenvalue weighted by molar-refractivity contribution is 7.22. The lowest BCUT2D eigenvalue weighted by molar-refractivity contribution is 0.400. The zero-order valence-corrected chi connectivity index (χ0v) is 19.5. The molecule has 6 N–H and O–H groups in total. The van der Waals surface area contributed by atoms with Crippen molar-refractivity contribution < 1.29 is 0 Å². The van der Waals surface area contributed by atoms with Crippen LogP contribution < -0.4 is 22.1 Å². The third kappa shape index (κ3) is 5.16. The molecule has 0 aliphatic heterocycles. The molecule has 0 atom stereocenters. The third-order valence-corrected chi connectivity index (χ3v) is 6.39. The molecular weight excluding hydrogens is 418 g/mol. The molecule has 0 fully saturated rings. The third-order valence-electron chi connectivity index (χ3n) is 5.24. The number of anilines is 4. The molecule has 0 unspecified atom stereocenters. The van der Waals surface area contributed by atoms with Gasteiger partial charge in [-0.15, -0.1) is 11.3 Å². The number of nitrogens with one attached hydrogen (secondary N) is 2. The first-order valence-electron chi connectivity index (χ1n) is 10.5. The molecule has 0 radical (unpaired) electrons. The summed E-state index contributed by atoms with van der Waals surface area (Å²) in [5.41, 5.74) is 17.2. The molecule has 0 saturated carbocycles. The normalized spacial score (nSPS) is 11.4. The van der Waals surface area contributed by atoms with E-state index < -0.39 is 0 Å². The molecule has 8 heteroatoms. The number of hydrogen-bond acceptors (Lipinski definition) is 8. The standard InChI is InChI=1S/C24H29N7S/c1-15-10-18(29-22-6-7-28-24(26)30-22)13-19(23(15)25)21-12-17-11-16(4-5-20(17)32-21)14-27-8-9-31(2)3/h4-7,10-13,27H,8-9,14,25H2,1-3H3,(H3,26,28,29,30). The van der Waals surface area contributed by atoms with Gasteiger partial charge in [0.1, 0.15) is 5.82 Å². The van der Waals surface area contributed by atoms with E-state index in [9.17, 15) is 0 Å². The van der Waals surface area contributed by atoms with E-state index in [1.165, 1.54) is 15.6 Å². The first kappa shape index (κ1) is 22.0. The van der Waals surface area contributed by atoms with E-state index in [0.29, 0.717) is 5.82 Å². The molecule has 2 aromatic heterocycles. The van der Waals surface area contributed by atoms with Crippen LogP contribution in [-0.2, 0) is 6.54 Å². The second-order valence-electron chi connectivity index (χ2n) is 8.14. The summed E-state index contributed by atoms with van der Waals surface area (Å²) in [7, 11) is 4.17. The summed E-state index contributed by atoms with van der Waals surface area (Å²) >= 11 is 1.75. The van der Waals surface area contributed by atoms with E-state index in [0.717, 1.165) is 47.0 Å². The average Bonchev–Trinajstić information content (AvgIpc) is 3.17. The highest BCUT2D eigenvalue weighted by Gasteiger charge is 2.12. The average molecular weight is 448 g/mol. The second-order valence-corrected chi connectivity index (χ2v) is 9.23. The van der Waals surface area contributed by atoms with Crippen LogP contribution in [0.2, 0.25) is 0 Å². The smallest absolute Gasteiger partial charge is 0.221 e. The van der Waals surface area contributed by atoms with Gasteiger partial charge in [0.15, 0.2) is 0 Å². The molecule has 0 aliphatic rings. The SMILES string of the molecule is Cc1cc(Nc2ccnc(N)n2)cc(-c2cc3cc(CNCCN(C)C)ccc3s2)c1N. The van der Waals surface area contributed by atoms with Crippen molar-refractivity contribution in [3.63, 3.8) is 0 Å². The van der Waals surface area contributed by atoms with E-state index in [-0.39, 0.29) is 5.95 Å². The maximum Gasteiger partial charge on any atom is 0.221 e. The summed E-state index contributed by atoms with van der Waals surface area (Å²) in [6.07, 6.45) is 1.63. The van der Waals surface area contributed by atoms with Crippen LogP contribution >= 0.6 is 11.3 Å². The quantitative estimate of drug-likeness (QED) is 0.237. The predicted molar refractivity (Wildman–Crippen MR) is 136 cm³/mol. The van der Waals surface area contributed by atoms with Gasteiger partial charge in [-0.2, -0.15) is 4.98 Å². The zero-order chi connectivity index (χ0) is 22.7. The number of fused-ring (bicyclic) bond motifs is 1. The topological polar surface area (TPSA) is 105 Å². The van der Waals surface area contributed by atoms with Crippen molar-refractivity contribution in [3.05, 3.63) is 59.8 Å². The van der Waals surface area contributed by atoms with Crippen LogP contribution in [0, 0.1) is 6.92 Å². The van der Waals surface area contributed by atoms with Crippen molar-refractivity contribution >= 4 is 44.6 Å². The molecular formula is C24H29N7S. The van der Waals surface area contributed by atoms with Gasteiger partial charge in [-0.1, -0.05) is 6.07 Å². The first-order chi connectivity index (χ1) is 15.4. The number of aromatic nitrogens is 2. The van der Waals surface area contributed by atoms with Crippen LogP contribution in [-0.4, -0.2) is 42.1 Å². The number of hydrogen-bond donors (Lipinski definition) is 4. The lowest BCUT2D eigenvalue weighted by Gasteiger charge is -2.12. The summed E-state index contributed by atoms with van der Waals surface area (Å²) in [4.78, 5) is 11.5. The number of likely N-dealkylation sites (N-methyl/N-ethyl adjacent to an activating group) is 1. The number of aryl methyl sites for hydroxylation is 1. The van der Waals surface area contributed by atoms with Crippen LogP contribution in [0.5, 0.6) is 0 Å². The summed E-state index contributed by atoms with van der Waals surface area (Å²) < 4.78 is 1.25. The van der Waals surface area contributed by atoms with E-state index in [2.05, 4.69) is 69.9 Å². The molecule has 0 bridgehead atoms. The van der Waals surface area contributed by atoms with E-state index in [1.807, 2.05) is 13.0 Å². The van der Waals surface area contributed by atoms with Crippen LogP contribution in [0.4, 0.5) is 23.1 Å². The van der Waals surface area contributed by atoms with Gasteiger partial charge in [0.05, 0.1) is 0 Å². The number of benzene rings is 2. The summed E-state index contributed by atoms with van der Waals surface area (Å²) in [6, 6.07) is 14.7. The first-order valence-corrected chi connectivity index (χ1v) is 11.3. The highest BCUT2D eigenvalue weighted by atomic mass is 32.1. The highest BCUT2D eigenvalue weighted by Crippen LogP contribution is 2.39. The van der Waals surface area contributed by atoms with Crippen molar-refractivity contribution in [1.82, 2.24) is 20.2 Å². The Hall–Kier alpha value is -3.20. The molecule has 0 aliphatic carbocycles. The van der Waals surface area contributed by atoms with E-state index in [4.69, 9.17) is 11.5 Å². The van der Waals surface area contributed by atoms with Gasteiger partial charge in [0, 0.05) is 52.3 Å². The lowest BCUT2D eigenvalue weighted by Crippen LogP contribution is -2.26. The summed E-state index contributed by atoms with van der Waals surface area (Å²) in [5.74, 6) is 0.884. The largest absolute Gasteiger partial charge is 0.398 e. The monoisotopic (exact) mass is 447 g/mol.